The topological polar surface area (TPSA) is 61.6 Å². The van der Waals surface area contributed by atoms with E-state index in [-0.39, 0.29) is 11.5 Å². The fourth-order valence-corrected chi connectivity index (χ4v) is 3.92. The smallest absolute Gasteiger partial charge is 0.405 e. The van der Waals surface area contributed by atoms with Crippen molar-refractivity contribution < 1.29 is 14.0 Å². The van der Waals surface area contributed by atoms with Crippen molar-refractivity contribution in [3.8, 4) is 0 Å². The van der Waals surface area contributed by atoms with Crippen molar-refractivity contribution in [1.82, 2.24) is 0 Å². The van der Waals surface area contributed by atoms with Gasteiger partial charge in [-0.1, -0.05) is 32.4 Å². The van der Waals surface area contributed by atoms with Crippen LogP contribution in [0.2, 0.25) is 17.4 Å². The molecule has 1 aromatic heterocycles. The molecule has 0 aliphatic carbocycles. The highest BCUT2D eigenvalue weighted by atomic mass is 35.5. The maximum absolute atomic E-state index is 11.2. The van der Waals surface area contributed by atoms with Crippen LogP contribution in [-0.4, -0.2) is 21.2 Å². The van der Waals surface area contributed by atoms with Gasteiger partial charge in [-0.3, -0.25) is 0 Å². The van der Waals surface area contributed by atoms with Crippen LogP contribution < -0.4 is 5.73 Å². The zero-order valence-electron chi connectivity index (χ0n) is 12.4. The zero-order valence-corrected chi connectivity index (χ0v) is 15.0. The van der Waals surface area contributed by atoms with E-state index in [0.717, 1.165) is 4.88 Å². The molecular weight excluding hydrogens is 314 g/mol. The van der Waals surface area contributed by atoms with Gasteiger partial charge >= 0.3 is 6.09 Å². The number of nitrogens with two attached hydrogens (primary N) is 1. The SMILES string of the molecule is C[Si](C)OC(C(OC(N)=O)c1ccc(Cl)s1)C(C)(C)C. The number of halogens is 1. The summed E-state index contributed by atoms with van der Waals surface area (Å²) < 4.78 is 12.0. The van der Waals surface area contributed by atoms with E-state index in [0.29, 0.717) is 4.34 Å². The van der Waals surface area contributed by atoms with Crippen molar-refractivity contribution in [3.05, 3.63) is 21.3 Å². The van der Waals surface area contributed by atoms with E-state index >= 15 is 0 Å². The van der Waals surface area contributed by atoms with Crippen LogP contribution in [0.3, 0.4) is 0 Å². The third-order valence-electron chi connectivity index (χ3n) is 2.61. The lowest BCUT2D eigenvalue weighted by Gasteiger charge is -2.37. The molecule has 1 radical (unpaired) electrons. The molecule has 1 rings (SSSR count). The average Bonchev–Trinajstić information content (AvgIpc) is 2.67. The van der Waals surface area contributed by atoms with Crippen molar-refractivity contribution in [2.75, 3.05) is 0 Å². The predicted molar refractivity (Wildman–Crippen MR) is 84.5 cm³/mol. The molecular formula is C13H21ClNO3SSi. The molecule has 0 spiro atoms. The Morgan fingerprint density at radius 3 is 2.35 bits per heavy atom. The number of amides is 1. The molecule has 2 atom stereocenters. The summed E-state index contributed by atoms with van der Waals surface area (Å²) in [5.41, 5.74) is 5.02. The first-order chi connectivity index (χ1) is 9.11. The largest absolute Gasteiger partial charge is 0.438 e. The highest BCUT2D eigenvalue weighted by Crippen LogP contribution is 2.39. The van der Waals surface area contributed by atoms with Gasteiger partial charge in [-0.05, 0) is 30.6 Å². The maximum Gasteiger partial charge on any atom is 0.405 e. The number of ether oxygens (including phenoxy) is 1. The van der Waals surface area contributed by atoms with Crippen LogP contribution in [0, 0.1) is 5.41 Å². The summed E-state index contributed by atoms with van der Waals surface area (Å²) in [6, 6.07) is 3.63. The molecule has 1 heterocycles. The van der Waals surface area contributed by atoms with Crippen LogP contribution in [0.5, 0.6) is 0 Å². The van der Waals surface area contributed by atoms with E-state index in [1.807, 2.05) is 19.2 Å². The Bertz CT molecular complexity index is 459. The molecule has 1 amide bonds. The van der Waals surface area contributed by atoms with E-state index in [1.165, 1.54) is 11.3 Å². The minimum absolute atomic E-state index is 0.196. The summed E-state index contributed by atoms with van der Waals surface area (Å²) in [6.45, 7) is 10.2. The molecule has 4 nitrogen and oxygen atoms in total. The molecule has 0 aromatic carbocycles. The van der Waals surface area contributed by atoms with Gasteiger partial charge in [0, 0.05) is 4.88 Å². The first-order valence-corrected chi connectivity index (χ1v) is 9.89. The van der Waals surface area contributed by atoms with Gasteiger partial charge in [0.05, 0.1) is 10.4 Å². The predicted octanol–water partition coefficient (Wildman–Crippen LogP) is 4.22. The summed E-state index contributed by atoms with van der Waals surface area (Å²) in [5, 5.41) is 0. The second-order valence-electron chi connectivity index (χ2n) is 5.81. The van der Waals surface area contributed by atoms with E-state index in [4.69, 9.17) is 26.5 Å². The van der Waals surface area contributed by atoms with Crippen LogP contribution in [-0.2, 0) is 9.16 Å². The van der Waals surface area contributed by atoms with E-state index in [9.17, 15) is 4.79 Å². The molecule has 0 saturated heterocycles. The maximum atomic E-state index is 11.2. The number of primary amides is 1. The monoisotopic (exact) mass is 334 g/mol. The van der Waals surface area contributed by atoms with Gasteiger partial charge < -0.3 is 14.9 Å². The highest BCUT2D eigenvalue weighted by Gasteiger charge is 2.38. The summed E-state index contributed by atoms with van der Waals surface area (Å²) in [4.78, 5) is 12.1. The van der Waals surface area contributed by atoms with E-state index in [1.54, 1.807) is 6.07 Å². The Morgan fingerprint density at radius 2 is 2.00 bits per heavy atom. The number of hydrogen-bond acceptors (Lipinski definition) is 4. The van der Waals surface area contributed by atoms with Crippen LogP contribution >= 0.6 is 22.9 Å². The number of carbonyl (C=O) groups excluding carboxylic acids is 1. The lowest BCUT2D eigenvalue weighted by Crippen LogP contribution is -2.40. The van der Waals surface area contributed by atoms with Gasteiger partial charge in [-0.15, -0.1) is 11.3 Å². The molecule has 0 aliphatic rings. The van der Waals surface area contributed by atoms with Crippen LogP contribution in [0.4, 0.5) is 4.79 Å². The molecule has 0 bridgehead atoms. The average molecular weight is 335 g/mol. The molecule has 0 fully saturated rings. The van der Waals surface area contributed by atoms with Crippen LogP contribution in [0.15, 0.2) is 12.1 Å². The van der Waals surface area contributed by atoms with Crippen molar-refractivity contribution in [2.24, 2.45) is 11.1 Å². The Hall–Kier alpha value is -0.563. The zero-order chi connectivity index (χ0) is 15.5. The first kappa shape index (κ1) is 17.5. The standard InChI is InChI=1S/C13H21ClNO3SSi/c1-13(2,3)11(18-20(4)5)10(17-12(15)16)8-6-7-9(14)19-8/h6-7,10-11H,1-5H3,(H2,15,16). The third kappa shape index (κ3) is 5.09. The second kappa shape index (κ2) is 6.93. The number of carbonyl (C=O) groups is 1. The highest BCUT2D eigenvalue weighted by molar-refractivity contribution is 7.16. The fraction of sp³-hybridized carbons (Fsp3) is 0.615. The molecule has 0 saturated carbocycles. The van der Waals surface area contributed by atoms with Crippen LogP contribution in [0.25, 0.3) is 0 Å². The molecule has 113 valence electrons. The van der Waals surface area contributed by atoms with Gasteiger partial charge in [0.15, 0.2) is 6.10 Å². The van der Waals surface area contributed by atoms with Gasteiger partial charge in [0.25, 0.3) is 0 Å². The Balaban J connectivity index is 3.13. The fourth-order valence-electron chi connectivity index (χ4n) is 1.82. The van der Waals surface area contributed by atoms with Gasteiger partial charge in [0.2, 0.25) is 9.04 Å². The van der Waals surface area contributed by atoms with Crippen molar-refractivity contribution >= 4 is 38.1 Å². The van der Waals surface area contributed by atoms with Crippen molar-refractivity contribution in [3.63, 3.8) is 0 Å². The summed E-state index contributed by atoms with van der Waals surface area (Å²) >= 11 is 7.35. The quantitative estimate of drug-likeness (QED) is 0.820. The minimum Gasteiger partial charge on any atom is -0.438 e. The lowest BCUT2D eigenvalue weighted by atomic mass is 9.85. The van der Waals surface area contributed by atoms with E-state index in [2.05, 4.69) is 20.8 Å². The number of hydrogen-bond donors (Lipinski definition) is 1. The van der Waals surface area contributed by atoms with Crippen molar-refractivity contribution in [1.29, 1.82) is 0 Å². The van der Waals surface area contributed by atoms with Gasteiger partial charge in [0.1, 0.15) is 0 Å². The third-order valence-corrected chi connectivity index (χ3v) is 4.63. The van der Waals surface area contributed by atoms with Gasteiger partial charge in [-0.25, -0.2) is 4.79 Å². The molecule has 7 heteroatoms. The molecule has 20 heavy (non-hydrogen) atoms. The summed E-state index contributed by atoms with van der Waals surface area (Å²) in [6.07, 6.45) is -1.61. The molecule has 2 unspecified atom stereocenters. The van der Waals surface area contributed by atoms with Crippen LogP contribution in [0.1, 0.15) is 31.8 Å². The molecule has 1 aromatic rings. The summed E-state index contributed by atoms with van der Waals surface area (Å²) in [5.74, 6) is 0. The Kier molecular flexibility index (Phi) is 6.06. The van der Waals surface area contributed by atoms with E-state index < -0.39 is 21.2 Å². The summed E-state index contributed by atoms with van der Waals surface area (Å²) in [7, 11) is -0.956. The molecule has 2 N–H and O–H groups in total. The second-order valence-corrected chi connectivity index (χ2v) is 9.61. The van der Waals surface area contributed by atoms with Crippen molar-refractivity contribution in [2.45, 2.75) is 46.1 Å². The first-order valence-electron chi connectivity index (χ1n) is 6.29. The Labute approximate surface area is 130 Å². The molecule has 0 aliphatic heterocycles. The Morgan fingerprint density at radius 1 is 1.40 bits per heavy atom. The number of thiophene rings is 1. The normalized spacial score (nSPS) is 15.2. The lowest BCUT2D eigenvalue weighted by molar-refractivity contribution is -0.0347. The minimum atomic E-state index is -0.956. The number of rotatable bonds is 5. The van der Waals surface area contributed by atoms with Gasteiger partial charge in [-0.2, -0.15) is 0 Å².